The number of benzene rings is 1. The first kappa shape index (κ1) is 16.2. The Morgan fingerprint density at radius 2 is 1.91 bits per heavy atom. The maximum atomic E-state index is 12.7. The van der Waals surface area contributed by atoms with E-state index in [1.165, 1.54) is 25.1 Å². The number of rotatable bonds is 6. The highest BCUT2D eigenvalue weighted by Crippen LogP contribution is 2.42. The molecule has 2 aliphatic heterocycles. The fourth-order valence-electron chi connectivity index (χ4n) is 4.82. The Morgan fingerprint density at radius 1 is 1.24 bits per heavy atom. The van der Waals surface area contributed by atoms with Crippen molar-refractivity contribution in [2.45, 2.75) is 32.2 Å². The number of primary amides is 1. The summed E-state index contributed by atoms with van der Waals surface area (Å²) < 4.78 is 57.2. The lowest BCUT2D eigenvalue weighted by Crippen LogP contribution is -2.41. The Labute approximate surface area is 201 Å². The number of hydrogen-bond acceptors (Lipinski definition) is 6. The highest BCUT2D eigenvalue weighted by Gasteiger charge is 2.36. The fourth-order valence-corrected chi connectivity index (χ4v) is 4.82. The number of nitrogens with two attached hydrogens (primary N) is 1. The number of hydrogen-bond donors (Lipinski definition) is 2. The summed E-state index contributed by atoms with van der Waals surface area (Å²) >= 11 is 0. The van der Waals surface area contributed by atoms with Gasteiger partial charge in [-0.15, -0.1) is 0 Å². The number of piperidine rings is 1. The molecular weight excluding hydrogens is 422 g/mol. The number of carbonyl (C=O) groups excluding carboxylic acids is 2. The van der Waals surface area contributed by atoms with Gasteiger partial charge in [-0.25, -0.2) is 4.68 Å². The second kappa shape index (κ2) is 9.17. The third kappa shape index (κ3) is 4.03. The van der Waals surface area contributed by atoms with E-state index in [4.69, 9.17) is 28.5 Å². The van der Waals surface area contributed by atoms with E-state index in [9.17, 15) is 9.59 Å². The molecule has 4 rings (SSSR count). The van der Waals surface area contributed by atoms with E-state index in [0.717, 1.165) is 19.3 Å². The number of amides is 2. The number of carbonyl (C=O) groups is 2. The third-order valence-electron chi connectivity index (χ3n) is 6.58. The summed E-state index contributed by atoms with van der Waals surface area (Å²) in [6.45, 7) is 6.75. The summed E-state index contributed by atoms with van der Waals surface area (Å²) in [4.78, 5) is 26.5. The zero-order chi connectivity index (χ0) is 28.7. The van der Waals surface area contributed by atoms with Gasteiger partial charge >= 0.3 is 0 Å². The van der Waals surface area contributed by atoms with Crippen LogP contribution in [-0.4, -0.2) is 60.2 Å². The molecule has 3 heterocycles. The van der Waals surface area contributed by atoms with Gasteiger partial charge in [0.1, 0.15) is 28.6 Å². The van der Waals surface area contributed by atoms with Gasteiger partial charge in [-0.1, -0.05) is 6.58 Å². The molecule has 3 N–H and O–H groups in total. The summed E-state index contributed by atoms with van der Waals surface area (Å²) in [7, 11) is -5.65. The molecule has 1 aromatic heterocycles. The monoisotopic (exact) mass is 459 g/mol. The first-order chi connectivity index (χ1) is 18.2. The Kier molecular flexibility index (Phi) is 4.49. The molecule has 9 heteroatoms. The van der Waals surface area contributed by atoms with E-state index in [-0.39, 0.29) is 51.8 Å². The predicted octanol–water partition coefficient (Wildman–Crippen LogP) is 2.76. The van der Waals surface area contributed by atoms with Gasteiger partial charge in [-0.3, -0.25) is 9.59 Å². The summed E-state index contributed by atoms with van der Waals surface area (Å²) in [5, 5.41) is 7.94. The first-order valence-corrected chi connectivity index (χ1v) is 10.8. The number of nitrogens with one attached hydrogen (secondary N) is 1. The van der Waals surface area contributed by atoms with Gasteiger partial charge in [0.15, 0.2) is 0 Å². The summed E-state index contributed by atoms with van der Waals surface area (Å²) in [5.74, 6) is -0.552. The second-order valence-electron chi connectivity index (χ2n) is 8.33. The van der Waals surface area contributed by atoms with Crippen LogP contribution in [0.25, 0.3) is 11.3 Å². The van der Waals surface area contributed by atoms with Gasteiger partial charge in [0.25, 0.3) is 5.91 Å². The van der Waals surface area contributed by atoms with Gasteiger partial charge in [-0.2, -0.15) is 5.10 Å². The molecule has 2 amide bonds. The van der Waals surface area contributed by atoms with E-state index < -0.39 is 20.0 Å². The van der Waals surface area contributed by atoms with Crippen molar-refractivity contribution >= 4 is 17.6 Å². The molecule has 9 nitrogen and oxygen atoms in total. The van der Waals surface area contributed by atoms with Crippen molar-refractivity contribution in [1.82, 2.24) is 14.7 Å². The quantitative estimate of drug-likeness (QED) is 0.643. The van der Waals surface area contributed by atoms with E-state index in [1.54, 1.807) is 9.58 Å². The van der Waals surface area contributed by atoms with E-state index in [1.807, 2.05) is 0 Å². The van der Waals surface area contributed by atoms with Crippen molar-refractivity contribution in [2.75, 3.05) is 39.0 Å². The van der Waals surface area contributed by atoms with Crippen LogP contribution in [0.1, 0.15) is 49.5 Å². The molecule has 2 aliphatic rings. The molecule has 0 unspecified atom stereocenters. The smallest absolute Gasteiger partial charge is 0.254 e. The van der Waals surface area contributed by atoms with Crippen molar-refractivity contribution in [1.29, 1.82) is 0 Å². The number of ether oxygens (including phenoxy) is 2. The molecule has 1 atom stereocenters. The molecular formula is C24H31N5O4. The van der Waals surface area contributed by atoms with Crippen molar-refractivity contribution in [2.24, 2.45) is 11.7 Å². The maximum Gasteiger partial charge on any atom is 0.254 e. The molecule has 0 spiro atoms. The fraction of sp³-hybridized carbons (Fsp3) is 0.458. The van der Waals surface area contributed by atoms with Crippen LogP contribution in [0.15, 0.2) is 24.8 Å². The molecule has 176 valence electrons. The van der Waals surface area contributed by atoms with Crippen LogP contribution < -0.4 is 20.5 Å². The molecule has 1 fully saturated rings. The van der Waals surface area contributed by atoms with Gasteiger partial charge in [0, 0.05) is 30.8 Å². The van der Waals surface area contributed by atoms with Crippen LogP contribution in [0.2, 0.25) is 0 Å². The number of anilines is 1. The third-order valence-corrected chi connectivity index (χ3v) is 6.58. The number of methoxy groups -OCH3 is 2. The lowest BCUT2D eigenvalue weighted by atomic mass is 9.87. The molecule has 0 radical (unpaired) electrons. The Balaban J connectivity index is 1.79. The van der Waals surface area contributed by atoms with Gasteiger partial charge < -0.3 is 25.4 Å². The number of fused-ring (bicyclic) bond motifs is 1. The summed E-state index contributed by atoms with van der Waals surface area (Å²) in [5.41, 5.74) is 6.39. The normalized spacial score (nSPS) is 21.7. The first-order valence-electron chi connectivity index (χ1n) is 13.8. The molecule has 0 saturated carbocycles. The lowest BCUT2D eigenvalue weighted by molar-refractivity contribution is -0.127. The Morgan fingerprint density at radius 3 is 2.48 bits per heavy atom. The number of likely N-dealkylation sites (tertiary alicyclic amines) is 1. The SMILES string of the molecule is [2H]C([2H])([2H])Oc1cc(-c2nn3c(c2C(N)=O)NCC[C@H]3C2CCN(C(=O)C=C)CC2)cc(OC([2H])([2H])[2H])c1C. The molecule has 0 aliphatic carbocycles. The van der Waals surface area contributed by atoms with Crippen molar-refractivity contribution in [3.63, 3.8) is 0 Å². The van der Waals surface area contributed by atoms with Crippen molar-refractivity contribution < 1.29 is 27.3 Å². The average molecular weight is 460 g/mol. The minimum absolute atomic E-state index is 0.0856. The maximum absolute atomic E-state index is 12.7. The minimum Gasteiger partial charge on any atom is -0.496 e. The molecule has 2 aromatic rings. The average Bonchev–Trinajstić information content (AvgIpc) is 3.24. The van der Waals surface area contributed by atoms with Crippen LogP contribution in [-0.2, 0) is 4.79 Å². The van der Waals surface area contributed by atoms with E-state index >= 15 is 0 Å². The number of aromatic nitrogens is 2. The summed E-state index contributed by atoms with van der Waals surface area (Å²) in [6.07, 6.45) is 3.50. The van der Waals surface area contributed by atoms with Crippen molar-refractivity contribution in [3.05, 3.63) is 35.9 Å². The molecule has 0 bridgehead atoms. The zero-order valence-electron chi connectivity index (χ0n) is 24.4. The number of nitrogens with zero attached hydrogens (tertiary/aromatic N) is 3. The Bertz CT molecular complexity index is 1240. The topological polar surface area (TPSA) is 112 Å². The van der Waals surface area contributed by atoms with Crippen LogP contribution >= 0.6 is 0 Å². The lowest BCUT2D eigenvalue weighted by Gasteiger charge is -2.38. The van der Waals surface area contributed by atoms with Gasteiger partial charge in [-0.05, 0) is 50.3 Å². The summed E-state index contributed by atoms with van der Waals surface area (Å²) in [6, 6.07) is 2.67. The van der Waals surface area contributed by atoms with Gasteiger partial charge in [0.05, 0.1) is 28.3 Å². The molecule has 1 saturated heterocycles. The van der Waals surface area contributed by atoms with Crippen LogP contribution in [0.3, 0.4) is 0 Å². The van der Waals surface area contributed by atoms with E-state index in [0.29, 0.717) is 25.5 Å². The highest BCUT2D eigenvalue weighted by atomic mass is 16.5. The van der Waals surface area contributed by atoms with Gasteiger partial charge in [0.2, 0.25) is 5.91 Å². The predicted molar refractivity (Wildman–Crippen MR) is 126 cm³/mol. The largest absolute Gasteiger partial charge is 0.496 e. The van der Waals surface area contributed by atoms with E-state index in [2.05, 4.69) is 11.9 Å². The standard InChI is InChI=1S/C24H31N5O4/c1-5-20(30)28-10-7-15(8-11-28)17-6-9-26-24-21(23(25)31)22(27-29(17)24)16-12-18(32-3)14(2)19(13-16)33-4/h5,12-13,15,17,26H,1,6-11H2,2-4H3,(H2,25,31)/t17-/m0/s1/i3D3,4D3. The molecule has 1 aromatic carbocycles. The molecule has 33 heavy (non-hydrogen) atoms. The highest BCUT2D eigenvalue weighted by molar-refractivity contribution is 6.04. The van der Waals surface area contributed by atoms with Crippen LogP contribution in [0.5, 0.6) is 11.5 Å². The zero-order valence-corrected chi connectivity index (χ0v) is 18.4. The van der Waals surface area contributed by atoms with Crippen LogP contribution in [0.4, 0.5) is 5.82 Å². The Hall–Kier alpha value is -3.49. The van der Waals surface area contributed by atoms with Crippen molar-refractivity contribution in [3.8, 4) is 22.8 Å². The minimum atomic E-state index is -2.82. The van der Waals surface area contributed by atoms with Crippen LogP contribution in [0, 0.1) is 12.8 Å². The second-order valence-corrected chi connectivity index (χ2v) is 8.33.